The average Bonchev–Trinajstić information content (AvgIpc) is 2.84. The molecule has 9 heteroatoms. The summed E-state index contributed by atoms with van der Waals surface area (Å²) in [7, 11) is 1.74. The van der Waals surface area contributed by atoms with E-state index in [1.165, 1.54) is 0 Å². The second kappa shape index (κ2) is 11.3. The van der Waals surface area contributed by atoms with Crippen molar-refractivity contribution in [1.82, 2.24) is 20.0 Å². The molecule has 1 unspecified atom stereocenters. The molecule has 0 bridgehead atoms. The Hall–Kier alpha value is -2.78. The van der Waals surface area contributed by atoms with Gasteiger partial charge in [0.25, 0.3) is 5.91 Å². The lowest BCUT2D eigenvalue weighted by Crippen LogP contribution is -2.35. The molecule has 186 valence electrons. The van der Waals surface area contributed by atoms with Crippen molar-refractivity contribution in [1.29, 1.82) is 0 Å². The average molecular weight is 499 g/mol. The van der Waals surface area contributed by atoms with E-state index in [2.05, 4.69) is 21.4 Å². The molecule has 1 amide bonds. The molecule has 1 saturated heterocycles. The minimum absolute atomic E-state index is 0.140. The van der Waals surface area contributed by atoms with Gasteiger partial charge >= 0.3 is 0 Å². The molecular weight excluding hydrogens is 468 g/mol. The number of carbonyl (C=O) groups excluding carboxylic acids is 1. The fourth-order valence-corrected chi connectivity index (χ4v) is 4.50. The van der Waals surface area contributed by atoms with Gasteiger partial charge in [0.05, 0.1) is 30.2 Å². The van der Waals surface area contributed by atoms with Gasteiger partial charge in [0.2, 0.25) is 5.43 Å². The second-order valence-electron chi connectivity index (χ2n) is 9.04. The van der Waals surface area contributed by atoms with E-state index in [1.807, 2.05) is 18.2 Å². The zero-order valence-electron chi connectivity index (χ0n) is 20.1. The number of aliphatic hydroxyl groups is 1. The van der Waals surface area contributed by atoms with E-state index in [1.54, 1.807) is 30.8 Å². The maximum atomic E-state index is 13.5. The molecule has 1 atom stereocenters. The lowest BCUT2D eigenvalue weighted by atomic mass is 9.99. The molecule has 4 rings (SSSR count). The summed E-state index contributed by atoms with van der Waals surface area (Å²) in [5.74, 6) is -0.522. The third-order valence-electron chi connectivity index (χ3n) is 6.20. The van der Waals surface area contributed by atoms with Gasteiger partial charge in [0, 0.05) is 38.2 Å². The summed E-state index contributed by atoms with van der Waals surface area (Å²) in [6.07, 6.45) is 0.700. The van der Waals surface area contributed by atoms with E-state index in [4.69, 9.17) is 16.3 Å². The number of halogens is 1. The lowest BCUT2D eigenvalue weighted by Gasteiger charge is -2.27. The Morgan fingerprint density at radius 3 is 2.60 bits per heavy atom. The molecule has 0 spiro atoms. The molecule has 1 aliphatic rings. The Morgan fingerprint density at radius 1 is 1.20 bits per heavy atom. The van der Waals surface area contributed by atoms with Gasteiger partial charge < -0.3 is 15.2 Å². The van der Waals surface area contributed by atoms with Crippen molar-refractivity contribution in [2.75, 3.05) is 26.3 Å². The van der Waals surface area contributed by atoms with E-state index in [9.17, 15) is 14.7 Å². The minimum Gasteiger partial charge on any atom is -0.393 e. The first-order valence-corrected chi connectivity index (χ1v) is 12.2. The van der Waals surface area contributed by atoms with Crippen LogP contribution in [0.2, 0.25) is 5.02 Å². The van der Waals surface area contributed by atoms with Crippen LogP contribution in [-0.4, -0.2) is 58.1 Å². The maximum Gasteiger partial charge on any atom is 0.276 e. The number of amides is 1. The number of nitrogens with zero attached hydrogens (tertiary/aromatic N) is 3. The predicted octanol–water partition coefficient (Wildman–Crippen LogP) is 2.66. The van der Waals surface area contributed by atoms with Crippen LogP contribution in [0.4, 0.5) is 0 Å². The number of rotatable bonds is 8. The summed E-state index contributed by atoms with van der Waals surface area (Å²) >= 11 is 5.93. The molecule has 2 N–H and O–H groups in total. The van der Waals surface area contributed by atoms with Crippen LogP contribution in [0.25, 0.3) is 10.9 Å². The molecule has 2 aromatic carbocycles. The smallest absolute Gasteiger partial charge is 0.276 e. The maximum absolute atomic E-state index is 13.5. The van der Waals surface area contributed by atoms with E-state index in [0.717, 1.165) is 29.8 Å². The van der Waals surface area contributed by atoms with E-state index in [0.29, 0.717) is 48.5 Å². The van der Waals surface area contributed by atoms with Gasteiger partial charge in [-0.05, 0) is 54.7 Å². The number of aryl methyl sites for hydroxylation is 2. The van der Waals surface area contributed by atoms with Gasteiger partial charge in [-0.2, -0.15) is 5.10 Å². The highest BCUT2D eigenvalue weighted by Crippen LogP contribution is 2.22. The predicted molar refractivity (Wildman–Crippen MR) is 136 cm³/mol. The number of aromatic nitrogens is 2. The SMILES string of the molecule is CC(O)CCc1cc(CN2CCOCC2)cc2c(=O)c(C(=O)NCc3ccc(Cl)cc3)nn(C)c12. The summed E-state index contributed by atoms with van der Waals surface area (Å²) in [4.78, 5) is 28.7. The number of benzene rings is 2. The molecule has 3 aromatic rings. The van der Waals surface area contributed by atoms with Crippen molar-refractivity contribution in [3.05, 3.63) is 74.0 Å². The highest BCUT2D eigenvalue weighted by molar-refractivity contribution is 6.30. The van der Waals surface area contributed by atoms with Crippen LogP contribution in [0.1, 0.15) is 40.5 Å². The summed E-state index contributed by atoms with van der Waals surface area (Å²) in [6.45, 7) is 5.72. The Morgan fingerprint density at radius 2 is 1.91 bits per heavy atom. The van der Waals surface area contributed by atoms with Gasteiger partial charge in [0.1, 0.15) is 0 Å². The standard InChI is InChI=1S/C26H31ClN4O4/c1-17(32)3-6-20-13-19(16-31-9-11-35-12-10-31)14-22-24(20)30(2)29-23(25(22)33)26(34)28-15-18-4-7-21(27)8-5-18/h4-5,7-8,13-14,17,32H,3,6,9-12,15-16H2,1-2H3,(H,28,34). The topological polar surface area (TPSA) is 96.7 Å². The molecule has 0 saturated carbocycles. The van der Waals surface area contributed by atoms with Crippen molar-refractivity contribution < 1.29 is 14.6 Å². The van der Waals surface area contributed by atoms with Crippen molar-refractivity contribution in [2.24, 2.45) is 7.05 Å². The molecule has 2 heterocycles. The second-order valence-corrected chi connectivity index (χ2v) is 9.47. The largest absolute Gasteiger partial charge is 0.393 e. The van der Waals surface area contributed by atoms with E-state index >= 15 is 0 Å². The lowest BCUT2D eigenvalue weighted by molar-refractivity contribution is 0.0342. The monoisotopic (exact) mass is 498 g/mol. The minimum atomic E-state index is -0.522. The molecule has 8 nitrogen and oxygen atoms in total. The fourth-order valence-electron chi connectivity index (χ4n) is 4.37. The van der Waals surface area contributed by atoms with Crippen LogP contribution in [0.15, 0.2) is 41.2 Å². The van der Waals surface area contributed by atoms with Gasteiger partial charge in [-0.25, -0.2) is 0 Å². The summed E-state index contributed by atoms with van der Waals surface area (Å²) in [5.41, 5.74) is 2.96. The number of ether oxygens (including phenoxy) is 1. The molecular formula is C26H31ClN4O4. The number of aliphatic hydroxyl groups excluding tert-OH is 1. The summed E-state index contributed by atoms with van der Waals surface area (Å²) < 4.78 is 7.05. The first-order valence-electron chi connectivity index (χ1n) is 11.9. The highest BCUT2D eigenvalue weighted by atomic mass is 35.5. The number of nitrogens with one attached hydrogen (secondary N) is 1. The number of fused-ring (bicyclic) bond motifs is 1. The fraction of sp³-hybridized carbons (Fsp3) is 0.423. The first-order chi connectivity index (χ1) is 16.8. The summed E-state index contributed by atoms with van der Waals surface area (Å²) in [6, 6.07) is 11.1. The van der Waals surface area contributed by atoms with Crippen LogP contribution >= 0.6 is 11.6 Å². The number of carbonyl (C=O) groups is 1. The van der Waals surface area contributed by atoms with Crippen molar-refractivity contribution in [3.8, 4) is 0 Å². The number of hydrogen-bond donors (Lipinski definition) is 2. The Bertz CT molecular complexity index is 1250. The zero-order valence-corrected chi connectivity index (χ0v) is 20.8. The molecule has 0 aliphatic carbocycles. The Kier molecular flexibility index (Phi) is 8.18. The summed E-state index contributed by atoms with van der Waals surface area (Å²) in [5, 5.41) is 18.1. The van der Waals surface area contributed by atoms with Crippen LogP contribution < -0.4 is 10.7 Å². The van der Waals surface area contributed by atoms with Crippen LogP contribution in [-0.2, 0) is 31.3 Å². The van der Waals surface area contributed by atoms with Crippen LogP contribution in [0.3, 0.4) is 0 Å². The Balaban J connectivity index is 1.68. The molecule has 1 aliphatic heterocycles. The van der Waals surface area contributed by atoms with E-state index in [-0.39, 0.29) is 12.2 Å². The molecule has 1 fully saturated rings. The van der Waals surface area contributed by atoms with Crippen LogP contribution in [0, 0.1) is 0 Å². The van der Waals surface area contributed by atoms with Crippen LogP contribution in [0.5, 0.6) is 0 Å². The van der Waals surface area contributed by atoms with Gasteiger partial charge in [-0.3, -0.25) is 19.2 Å². The molecule has 1 aromatic heterocycles. The first kappa shape index (κ1) is 25.3. The third-order valence-corrected chi connectivity index (χ3v) is 6.46. The quantitative estimate of drug-likeness (QED) is 0.495. The third kappa shape index (κ3) is 6.27. The van der Waals surface area contributed by atoms with Gasteiger partial charge in [-0.15, -0.1) is 0 Å². The Labute approximate surface area is 209 Å². The zero-order chi connectivity index (χ0) is 24.9. The van der Waals surface area contributed by atoms with Crippen molar-refractivity contribution in [2.45, 2.75) is 39.0 Å². The highest BCUT2D eigenvalue weighted by Gasteiger charge is 2.20. The molecule has 0 radical (unpaired) electrons. The molecule has 35 heavy (non-hydrogen) atoms. The number of hydrogen-bond acceptors (Lipinski definition) is 6. The van der Waals surface area contributed by atoms with Crippen molar-refractivity contribution >= 4 is 28.4 Å². The van der Waals surface area contributed by atoms with E-state index < -0.39 is 17.4 Å². The van der Waals surface area contributed by atoms with Gasteiger partial charge in [0.15, 0.2) is 5.69 Å². The van der Waals surface area contributed by atoms with Crippen molar-refractivity contribution in [3.63, 3.8) is 0 Å². The number of morpholine rings is 1. The normalized spacial score (nSPS) is 15.3. The van der Waals surface area contributed by atoms with Gasteiger partial charge in [-0.1, -0.05) is 29.8 Å².